The number of hydrogen-bond acceptors (Lipinski definition) is 4. The van der Waals surface area contributed by atoms with Gasteiger partial charge in [0.15, 0.2) is 5.78 Å². The zero-order chi connectivity index (χ0) is 10.7. The second kappa shape index (κ2) is 5.23. The first-order valence-electron chi connectivity index (χ1n) is 4.90. The lowest BCUT2D eigenvalue weighted by atomic mass is 10.3. The van der Waals surface area contributed by atoms with Crippen LogP contribution in [0.2, 0.25) is 0 Å². The zero-order valence-electron chi connectivity index (χ0n) is 8.49. The third-order valence-electron chi connectivity index (χ3n) is 2.07. The first-order valence-corrected chi connectivity index (χ1v) is 7.68. The van der Waals surface area contributed by atoms with Crippen molar-refractivity contribution in [1.29, 1.82) is 0 Å². The molecule has 0 bridgehead atoms. The minimum atomic E-state index is 0.164. The monoisotopic (exact) mass is 256 g/mol. The Kier molecular flexibility index (Phi) is 3.94. The van der Waals surface area contributed by atoms with Crippen molar-refractivity contribution >= 4 is 40.6 Å². The van der Waals surface area contributed by atoms with Crippen LogP contribution in [0.15, 0.2) is 22.4 Å². The largest absolute Gasteiger partial charge is 0.288 e. The molecule has 4 heteroatoms. The molecule has 0 radical (unpaired) electrons. The van der Waals surface area contributed by atoms with Gasteiger partial charge in [0.05, 0.1) is 4.88 Å². The Bertz CT molecular complexity index is 384. The number of carbonyl (C=O) groups excluding carboxylic acids is 1. The molecule has 0 aromatic carbocycles. The van der Waals surface area contributed by atoms with Crippen LogP contribution in [0.3, 0.4) is 0 Å². The lowest BCUT2D eigenvalue weighted by molar-refractivity contribution is 0.105. The minimum absolute atomic E-state index is 0.164. The van der Waals surface area contributed by atoms with Crippen molar-refractivity contribution in [3.8, 4) is 0 Å². The molecule has 15 heavy (non-hydrogen) atoms. The van der Waals surface area contributed by atoms with Crippen molar-refractivity contribution in [2.24, 2.45) is 0 Å². The number of ketones is 1. The second-order valence-corrected chi connectivity index (χ2v) is 6.84. The molecule has 1 saturated heterocycles. The lowest BCUT2D eigenvalue weighted by Gasteiger charge is -1.92. The second-order valence-electron chi connectivity index (χ2n) is 3.14. The Labute approximate surface area is 102 Å². The van der Waals surface area contributed by atoms with E-state index in [1.54, 1.807) is 40.9 Å². The Balaban J connectivity index is 2.10. The molecule has 1 aromatic heterocycles. The molecule has 80 valence electrons. The lowest BCUT2D eigenvalue weighted by Crippen LogP contribution is -1.89. The maximum atomic E-state index is 11.8. The summed E-state index contributed by atoms with van der Waals surface area (Å²) >= 11 is 5.18. The molecule has 1 aliphatic rings. The molecule has 0 N–H and O–H groups in total. The van der Waals surface area contributed by atoms with E-state index in [4.69, 9.17) is 0 Å². The van der Waals surface area contributed by atoms with Gasteiger partial charge >= 0.3 is 0 Å². The summed E-state index contributed by atoms with van der Waals surface area (Å²) in [5.74, 6) is 2.43. The number of thiophene rings is 1. The Hall–Kier alpha value is -0.190. The summed E-state index contributed by atoms with van der Waals surface area (Å²) in [6.07, 6.45) is 2.80. The van der Waals surface area contributed by atoms with E-state index in [9.17, 15) is 4.79 Å². The highest BCUT2D eigenvalue weighted by Crippen LogP contribution is 2.36. The fourth-order valence-electron chi connectivity index (χ4n) is 1.29. The SMILES string of the molecule is CCc1ccc(C(=O)C=C2SCCS2)s1. The van der Waals surface area contributed by atoms with Crippen molar-refractivity contribution in [3.05, 3.63) is 32.2 Å². The maximum absolute atomic E-state index is 11.8. The van der Waals surface area contributed by atoms with Crippen LogP contribution < -0.4 is 0 Å². The van der Waals surface area contributed by atoms with E-state index in [1.807, 2.05) is 12.1 Å². The molecule has 2 heterocycles. The average Bonchev–Trinajstić information content (AvgIpc) is 2.86. The van der Waals surface area contributed by atoms with Gasteiger partial charge in [0, 0.05) is 26.7 Å². The number of rotatable bonds is 3. The fraction of sp³-hybridized carbons (Fsp3) is 0.364. The number of thioether (sulfide) groups is 2. The van der Waals surface area contributed by atoms with E-state index >= 15 is 0 Å². The summed E-state index contributed by atoms with van der Waals surface area (Å²) in [5, 5.41) is 0. The van der Waals surface area contributed by atoms with Crippen LogP contribution in [0.1, 0.15) is 21.5 Å². The van der Waals surface area contributed by atoms with Gasteiger partial charge in [0.25, 0.3) is 0 Å². The summed E-state index contributed by atoms with van der Waals surface area (Å²) in [5.41, 5.74) is 0. The van der Waals surface area contributed by atoms with E-state index < -0.39 is 0 Å². The van der Waals surface area contributed by atoms with Crippen molar-refractivity contribution < 1.29 is 4.79 Å². The fourth-order valence-corrected chi connectivity index (χ4v) is 4.43. The summed E-state index contributed by atoms with van der Waals surface area (Å²) in [6.45, 7) is 2.11. The number of hydrogen-bond donors (Lipinski definition) is 0. The molecular formula is C11H12OS3. The van der Waals surface area contributed by atoms with Crippen LogP contribution in [0, 0.1) is 0 Å². The van der Waals surface area contributed by atoms with Crippen LogP contribution >= 0.6 is 34.9 Å². The smallest absolute Gasteiger partial charge is 0.197 e. The highest BCUT2D eigenvalue weighted by Gasteiger charge is 2.12. The number of allylic oxidation sites excluding steroid dienone is 1. The number of aryl methyl sites for hydroxylation is 1. The van der Waals surface area contributed by atoms with Crippen LogP contribution in [0.4, 0.5) is 0 Å². The third kappa shape index (κ3) is 2.89. The molecule has 0 amide bonds. The van der Waals surface area contributed by atoms with Crippen molar-refractivity contribution in [3.63, 3.8) is 0 Å². The molecule has 0 aliphatic carbocycles. The average molecular weight is 256 g/mol. The third-order valence-corrected chi connectivity index (χ3v) is 5.90. The normalized spacial score (nSPS) is 15.7. The van der Waals surface area contributed by atoms with Crippen LogP contribution in [-0.4, -0.2) is 17.3 Å². The Morgan fingerprint density at radius 2 is 2.13 bits per heavy atom. The molecule has 1 fully saturated rings. The minimum Gasteiger partial charge on any atom is -0.288 e. The number of carbonyl (C=O) groups is 1. The standard InChI is InChI=1S/C11H12OS3/c1-2-8-3-4-10(15-8)9(12)7-11-13-5-6-14-11/h3-4,7H,2,5-6H2,1H3. The first kappa shape index (κ1) is 11.3. The van der Waals surface area contributed by atoms with Crippen LogP contribution in [0.25, 0.3) is 0 Å². The van der Waals surface area contributed by atoms with Crippen LogP contribution in [-0.2, 0) is 6.42 Å². The van der Waals surface area contributed by atoms with E-state index in [-0.39, 0.29) is 5.78 Å². The van der Waals surface area contributed by atoms with Crippen molar-refractivity contribution in [2.75, 3.05) is 11.5 Å². The van der Waals surface area contributed by atoms with Gasteiger partial charge < -0.3 is 0 Å². The zero-order valence-corrected chi connectivity index (χ0v) is 10.9. The van der Waals surface area contributed by atoms with Crippen molar-refractivity contribution in [1.82, 2.24) is 0 Å². The summed E-state index contributed by atoms with van der Waals surface area (Å²) < 4.78 is 1.17. The van der Waals surface area contributed by atoms with Crippen LogP contribution in [0.5, 0.6) is 0 Å². The molecule has 0 atom stereocenters. The summed E-state index contributed by atoms with van der Waals surface area (Å²) in [4.78, 5) is 14.0. The van der Waals surface area contributed by atoms with E-state index in [2.05, 4.69) is 6.92 Å². The Morgan fingerprint density at radius 3 is 2.73 bits per heavy atom. The molecule has 1 aliphatic heterocycles. The van der Waals surface area contributed by atoms with Gasteiger partial charge in [-0.3, -0.25) is 4.79 Å². The van der Waals surface area contributed by atoms with Gasteiger partial charge in [-0.25, -0.2) is 0 Å². The van der Waals surface area contributed by atoms with E-state index in [0.717, 1.165) is 22.8 Å². The van der Waals surface area contributed by atoms with Gasteiger partial charge in [-0.15, -0.1) is 34.9 Å². The van der Waals surface area contributed by atoms with Gasteiger partial charge in [-0.2, -0.15) is 0 Å². The predicted molar refractivity (Wildman–Crippen MR) is 71.0 cm³/mol. The van der Waals surface area contributed by atoms with Gasteiger partial charge in [0.2, 0.25) is 0 Å². The van der Waals surface area contributed by atoms with E-state index in [0.29, 0.717) is 0 Å². The predicted octanol–water partition coefficient (Wildman–Crippen LogP) is 3.81. The molecule has 2 rings (SSSR count). The molecule has 0 saturated carbocycles. The molecule has 0 unspecified atom stereocenters. The highest BCUT2D eigenvalue weighted by atomic mass is 32.2. The molecular weight excluding hydrogens is 244 g/mol. The molecule has 0 spiro atoms. The molecule has 1 nitrogen and oxygen atoms in total. The first-order chi connectivity index (χ1) is 7.29. The van der Waals surface area contributed by atoms with Crippen molar-refractivity contribution in [2.45, 2.75) is 13.3 Å². The topological polar surface area (TPSA) is 17.1 Å². The highest BCUT2D eigenvalue weighted by molar-refractivity contribution is 8.25. The summed E-state index contributed by atoms with van der Waals surface area (Å²) in [6, 6.07) is 3.98. The Morgan fingerprint density at radius 1 is 1.40 bits per heavy atom. The summed E-state index contributed by atoms with van der Waals surface area (Å²) in [7, 11) is 0. The van der Waals surface area contributed by atoms with Gasteiger partial charge in [-0.05, 0) is 18.6 Å². The molecule has 1 aromatic rings. The van der Waals surface area contributed by atoms with Gasteiger partial charge in [0.1, 0.15) is 0 Å². The van der Waals surface area contributed by atoms with Gasteiger partial charge in [-0.1, -0.05) is 6.92 Å². The maximum Gasteiger partial charge on any atom is 0.197 e. The van der Waals surface area contributed by atoms with E-state index in [1.165, 1.54) is 9.11 Å². The quantitative estimate of drug-likeness (QED) is 0.604.